The second-order valence-corrected chi connectivity index (χ2v) is 12.5. The molecule has 0 amide bonds. The molecule has 6 bridgehead atoms. The lowest BCUT2D eigenvalue weighted by Gasteiger charge is -2.63. The minimum absolute atomic E-state index is 0.126. The molecule has 1 saturated heterocycles. The standard InChI is InChI=1S/C23H30F2O10S/c1-2-22(35-20(28)23(24,25)36(29,30)31)14-5-12-6-15(22)10-21(8-12,9-14)32-11-18(26)33-16-4-3-13-7-17(16)34-19(13)27/h12-17H,2-11H2,1H3,(H,29,30,31). The van der Waals surface area contributed by atoms with Gasteiger partial charge in [-0.25, -0.2) is 9.59 Å². The van der Waals surface area contributed by atoms with Gasteiger partial charge in [0.05, 0.1) is 11.5 Å². The molecule has 6 rings (SSSR count). The van der Waals surface area contributed by atoms with Crippen LogP contribution < -0.4 is 0 Å². The smallest absolute Gasteiger partial charge is 0.458 e. The maximum atomic E-state index is 14.0. The van der Waals surface area contributed by atoms with Gasteiger partial charge in [0.15, 0.2) is 0 Å². The molecule has 13 heteroatoms. The van der Waals surface area contributed by atoms with Crippen LogP contribution in [0.15, 0.2) is 0 Å². The lowest BCUT2D eigenvalue weighted by atomic mass is 9.47. The van der Waals surface area contributed by atoms with Crippen LogP contribution in [0.25, 0.3) is 0 Å². The molecule has 6 aliphatic rings. The third-order valence-corrected chi connectivity index (χ3v) is 9.84. The summed E-state index contributed by atoms with van der Waals surface area (Å²) < 4.78 is 81.1. The second-order valence-electron chi connectivity index (χ2n) is 11.0. The van der Waals surface area contributed by atoms with Crippen LogP contribution in [0.3, 0.4) is 0 Å². The predicted octanol–water partition coefficient (Wildman–Crippen LogP) is 2.39. The molecular weight excluding hydrogens is 506 g/mol. The molecule has 1 heterocycles. The van der Waals surface area contributed by atoms with E-state index in [9.17, 15) is 31.6 Å². The van der Waals surface area contributed by atoms with Crippen molar-refractivity contribution >= 4 is 28.0 Å². The van der Waals surface area contributed by atoms with Crippen molar-refractivity contribution in [1.82, 2.24) is 0 Å². The molecule has 36 heavy (non-hydrogen) atoms. The normalized spacial score (nSPS) is 41.2. The molecule has 5 atom stereocenters. The molecule has 0 aromatic heterocycles. The fraction of sp³-hybridized carbons (Fsp3) is 0.870. The Kier molecular flexibility index (Phi) is 6.15. The Bertz CT molecular complexity index is 1040. The average molecular weight is 537 g/mol. The van der Waals surface area contributed by atoms with Crippen LogP contribution in [-0.4, -0.2) is 66.1 Å². The Morgan fingerprint density at radius 1 is 1.14 bits per heavy atom. The number of hydrogen-bond donors (Lipinski definition) is 1. The number of esters is 3. The lowest BCUT2D eigenvalue weighted by molar-refractivity contribution is -0.259. The molecule has 0 spiro atoms. The van der Waals surface area contributed by atoms with E-state index in [4.69, 9.17) is 23.5 Å². The van der Waals surface area contributed by atoms with Crippen LogP contribution in [0, 0.1) is 23.7 Å². The summed E-state index contributed by atoms with van der Waals surface area (Å²) in [5.41, 5.74) is -2.01. The van der Waals surface area contributed by atoms with Gasteiger partial charge in [0.2, 0.25) is 0 Å². The third kappa shape index (κ3) is 4.10. The van der Waals surface area contributed by atoms with Crippen LogP contribution in [0.1, 0.15) is 64.7 Å². The average Bonchev–Trinajstić information content (AvgIpc) is 3.10. The Hall–Kier alpha value is -1.86. The van der Waals surface area contributed by atoms with E-state index >= 15 is 0 Å². The topological polar surface area (TPSA) is 142 Å². The fourth-order valence-electron chi connectivity index (χ4n) is 7.55. The van der Waals surface area contributed by atoms with Gasteiger partial charge >= 0.3 is 33.3 Å². The first kappa shape index (κ1) is 25.8. The van der Waals surface area contributed by atoms with Gasteiger partial charge in [-0.1, -0.05) is 6.92 Å². The number of carbonyl (C=O) groups is 3. The molecule has 5 saturated carbocycles. The summed E-state index contributed by atoms with van der Waals surface area (Å²) in [4.78, 5) is 36.5. The maximum Gasteiger partial charge on any atom is 0.465 e. The highest BCUT2D eigenvalue weighted by atomic mass is 32.2. The van der Waals surface area contributed by atoms with Crippen LogP contribution >= 0.6 is 0 Å². The number of carbonyl (C=O) groups excluding carboxylic acids is 3. The molecular formula is C23H30F2O10S. The first-order valence-electron chi connectivity index (χ1n) is 12.4. The zero-order valence-electron chi connectivity index (χ0n) is 19.8. The van der Waals surface area contributed by atoms with Crippen LogP contribution in [0.4, 0.5) is 8.78 Å². The summed E-state index contributed by atoms with van der Waals surface area (Å²) in [5.74, 6) is -3.76. The van der Waals surface area contributed by atoms with Gasteiger partial charge in [-0.2, -0.15) is 17.2 Å². The van der Waals surface area contributed by atoms with Crippen molar-refractivity contribution in [2.75, 3.05) is 6.61 Å². The Balaban J connectivity index is 1.24. The number of halogens is 2. The summed E-state index contributed by atoms with van der Waals surface area (Å²) in [6.07, 6.45) is 3.55. The molecule has 0 aromatic rings. The highest BCUT2D eigenvalue weighted by molar-refractivity contribution is 7.87. The molecule has 0 aromatic carbocycles. The summed E-state index contributed by atoms with van der Waals surface area (Å²) in [6, 6.07) is 0. The quantitative estimate of drug-likeness (QED) is 0.279. The van der Waals surface area contributed by atoms with E-state index in [0.717, 1.165) is 0 Å². The van der Waals surface area contributed by atoms with Gasteiger partial charge in [0.25, 0.3) is 0 Å². The molecule has 6 fully saturated rings. The van der Waals surface area contributed by atoms with Crippen molar-refractivity contribution in [1.29, 1.82) is 0 Å². The number of rotatable bonds is 8. The summed E-state index contributed by atoms with van der Waals surface area (Å²) in [6.45, 7) is 1.38. The Labute approximate surface area is 207 Å². The van der Waals surface area contributed by atoms with E-state index in [1.807, 2.05) is 0 Å². The van der Waals surface area contributed by atoms with Crippen molar-refractivity contribution in [3.8, 4) is 0 Å². The third-order valence-electron chi connectivity index (χ3n) is 9.02. The van der Waals surface area contributed by atoms with Gasteiger partial charge < -0.3 is 18.9 Å². The number of ether oxygens (including phenoxy) is 4. The monoisotopic (exact) mass is 536 g/mol. The molecule has 5 unspecified atom stereocenters. The predicted molar refractivity (Wildman–Crippen MR) is 115 cm³/mol. The van der Waals surface area contributed by atoms with Gasteiger partial charge in [-0.15, -0.1) is 0 Å². The number of hydrogen-bond acceptors (Lipinski definition) is 9. The van der Waals surface area contributed by atoms with Gasteiger partial charge in [-0.3, -0.25) is 9.35 Å². The van der Waals surface area contributed by atoms with E-state index in [1.54, 1.807) is 6.92 Å². The van der Waals surface area contributed by atoms with E-state index in [2.05, 4.69) is 0 Å². The van der Waals surface area contributed by atoms with Crippen LogP contribution in [-0.2, 0) is 43.4 Å². The fourth-order valence-corrected chi connectivity index (χ4v) is 7.80. The molecule has 1 N–H and O–H groups in total. The van der Waals surface area contributed by atoms with Crippen molar-refractivity contribution in [3.05, 3.63) is 0 Å². The molecule has 0 radical (unpaired) electrons. The molecule has 5 aliphatic carbocycles. The van der Waals surface area contributed by atoms with Crippen LogP contribution in [0.5, 0.6) is 0 Å². The lowest BCUT2D eigenvalue weighted by Crippen LogP contribution is -2.66. The molecule has 10 nitrogen and oxygen atoms in total. The SMILES string of the molecule is CCC1(OC(=O)C(F)(F)S(=O)(=O)O)C2CC3CC1CC(OCC(=O)OC1CCC4CC1OC4=O)(C3)C2. The highest BCUT2D eigenvalue weighted by Gasteiger charge is 2.66. The van der Waals surface area contributed by atoms with Gasteiger partial charge in [-0.05, 0) is 57.3 Å². The summed E-state index contributed by atoms with van der Waals surface area (Å²) >= 11 is 0. The van der Waals surface area contributed by atoms with Gasteiger partial charge in [0, 0.05) is 18.3 Å². The van der Waals surface area contributed by atoms with Crippen LogP contribution in [0.2, 0.25) is 0 Å². The highest BCUT2D eigenvalue weighted by Crippen LogP contribution is 2.63. The summed E-state index contributed by atoms with van der Waals surface area (Å²) in [5, 5.41) is -5.06. The van der Waals surface area contributed by atoms with Crippen molar-refractivity contribution < 1.29 is 55.1 Å². The van der Waals surface area contributed by atoms with Crippen molar-refractivity contribution in [3.63, 3.8) is 0 Å². The van der Waals surface area contributed by atoms with E-state index < -0.39 is 50.7 Å². The zero-order chi connectivity index (χ0) is 26.1. The van der Waals surface area contributed by atoms with E-state index in [0.29, 0.717) is 51.4 Å². The molecule has 1 aliphatic heterocycles. The largest absolute Gasteiger partial charge is 0.465 e. The Morgan fingerprint density at radius 3 is 2.42 bits per heavy atom. The Morgan fingerprint density at radius 2 is 1.81 bits per heavy atom. The summed E-state index contributed by atoms with van der Waals surface area (Å²) in [7, 11) is -5.97. The zero-order valence-corrected chi connectivity index (χ0v) is 20.6. The minimum Gasteiger partial charge on any atom is -0.458 e. The first-order valence-corrected chi connectivity index (χ1v) is 13.8. The second kappa shape index (κ2) is 8.59. The molecule has 202 valence electrons. The maximum absolute atomic E-state index is 14.0. The van der Waals surface area contributed by atoms with Crippen molar-refractivity contribution in [2.24, 2.45) is 23.7 Å². The van der Waals surface area contributed by atoms with Crippen molar-refractivity contribution in [2.45, 2.75) is 93.4 Å². The minimum atomic E-state index is -5.97. The van der Waals surface area contributed by atoms with E-state index in [1.165, 1.54) is 0 Å². The first-order chi connectivity index (χ1) is 16.8. The van der Waals surface area contributed by atoms with Gasteiger partial charge in [0.1, 0.15) is 24.4 Å². The number of fused-ring (bicyclic) bond motifs is 2. The van der Waals surface area contributed by atoms with E-state index in [-0.39, 0.29) is 42.7 Å². The number of alkyl halides is 2.